The molecule has 0 atom stereocenters. The number of benzene rings is 1. The van der Waals surface area contributed by atoms with E-state index in [9.17, 15) is 9.11 Å². The highest BCUT2D eigenvalue weighted by molar-refractivity contribution is 8.22. The molecule has 0 bridgehead atoms. The molecule has 0 heterocycles. The first-order valence-electron chi connectivity index (χ1n) is 3.77. The highest BCUT2D eigenvalue weighted by Gasteiger charge is 2.16. The van der Waals surface area contributed by atoms with Crippen molar-refractivity contribution in [1.29, 1.82) is 0 Å². The third-order valence-electron chi connectivity index (χ3n) is 1.69. The monoisotopic (exact) mass is 219 g/mol. The van der Waals surface area contributed by atoms with E-state index in [1.807, 2.05) is 0 Å². The topological polar surface area (TPSA) is 84.9 Å². The average molecular weight is 219 g/mol. The maximum atomic E-state index is 9.30. The minimum atomic E-state index is -3.28. The summed E-state index contributed by atoms with van der Waals surface area (Å²) in [5.41, 5.74) is 0. The summed E-state index contributed by atoms with van der Waals surface area (Å²) in [4.78, 5) is 0.138. The SMILES string of the molecule is COc1ccc(OC)c(S(N)(O)O)c1. The largest absolute Gasteiger partial charge is 0.497 e. The van der Waals surface area contributed by atoms with Crippen LogP contribution in [0.2, 0.25) is 0 Å². The molecule has 14 heavy (non-hydrogen) atoms. The summed E-state index contributed by atoms with van der Waals surface area (Å²) in [6.45, 7) is 0. The number of rotatable bonds is 3. The third kappa shape index (κ3) is 2.30. The first kappa shape index (κ1) is 11.1. The van der Waals surface area contributed by atoms with Gasteiger partial charge < -0.3 is 9.47 Å². The second-order valence-electron chi connectivity index (χ2n) is 2.61. The molecule has 0 radical (unpaired) electrons. The van der Waals surface area contributed by atoms with Crippen molar-refractivity contribution in [2.75, 3.05) is 14.2 Å². The Labute approximate surface area is 83.9 Å². The standard InChI is InChI=1S/C8H13NO4S/c1-12-6-3-4-7(13-2)8(5-6)14(9,10)11/h3-5,10-11H,9H2,1-2H3. The quantitative estimate of drug-likeness (QED) is 0.720. The van der Waals surface area contributed by atoms with Crippen LogP contribution in [0, 0.1) is 0 Å². The van der Waals surface area contributed by atoms with E-state index in [1.165, 1.54) is 20.3 Å². The molecule has 5 nitrogen and oxygen atoms in total. The van der Waals surface area contributed by atoms with Gasteiger partial charge in [-0.2, -0.15) is 0 Å². The van der Waals surface area contributed by atoms with Gasteiger partial charge in [0.1, 0.15) is 16.4 Å². The lowest BCUT2D eigenvalue weighted by atomic mass is 10.3. The Kier molecular flexibility index (Phi) is 3.22. The molecule has 6 heteroatoms. The van der Waals surface area contributed by atoms with Crippen molar-refractivity contribution in [3.63, 3.8) is 0 Å². The zero-order chi connectivity index (χ0) is 10.8. The van der Waals surface area contributed by atoms with Crippen molar-refractivity contribution >= 4 is 10.8 Å². The molecule has 0 saturated carbocycles. The van der Waals surface area contributed by atoms with Crippen LogP contribution in [-0.4, -0.2) is 23.3 Å². The number of nitrogens with two attached hydrogens (primary N) is 1. The molecule has 0 spiro atoms. The molecule has 1 aromatic carbocycles. The van der Waals surface area contributed by atoms with E-state index in [0.717, 1.165) is 0 Å². The van der Waals surface area contributed by atoms with Gasteiger partial charge in [0.2, 0.25) is 0 Å². The summed E-state index contributed by atoms with van der Waals surface area (Å²) in [7, 11) is -0.376. The predicted octanol–water partition coefficient (Wildman–Crippen LogP) is 1.69. The van der Waals surface area contributed by atoms with Crippen LogP contribution in [-0.2, 0) is 0 Å². The van der Waals surface area contributed by atoms with E-state index in [1.54, 1.807) is 12.1 Å². The Balaban J connectivity index is 3.22. The highest BCUT2D eigenvalue weighted by Crippen LogP contribution is 2.46. The molecule has 1 aromatic rings. The van der Waals surface area contributed by atoms with E-state index in [2.05, 4.69) is 0 Å². The third-order valence-corrected chi connectivity index (χ3v) is 2.66. The van der Waals surface area contributed by atoms with Gasteiger partial charge in [-0.05, 0) is 12.1 Å². The lowest BCUT2D eigenvalue weighted by molar-refractivity contribution is 0.387. The summed E-state index contributed by atoms with van der Waals surface area (Å²) in [5, 5.41) is 5.22. The second-order valence-corrected chi connectivity index (χ2v) is 4.24. The average Bonchev–Trinajstić information content (AvgIpc) is 2.15. The zero-order valence-corrected chi connectivity index (χ0v) is 8.75. The molecule has 0 aliphatic carbocycles. The smallest absolute Gasteiger partial charge is 0.143 e. The molecule has 80 valence electrons. The molecular weight excluding hydrogens is 206 g/mol. The maximum absolute atomic E-state index is 9.30. The van der Waals surface area contributed by atoms with Gasteiger partial charge in [0, 0.05) is 6.07 Å². The number of ether oxygens (including phenoxy) is 2. The molecule has 0 saturated heterocycles. The first-order chi connectivity index (χ1) is 6.49. The molecule has 0 aromatic heterocycles. The van der Waals surface area contributed by atoms with E-state index in [4.69, 9.17) is 14.6 Å². The molecule has 0 fully saturated rings. The highest BCUT2D eigenvalue weighted by atomic mass is 32.3. The fourth-order valence-corrected chi connectivity index (χ4v) is 1.76. The fraction of sp³-hybridized carbons (Fsp3) is 0.250. The van der Waals surface area contributed by atoms with Gasteiger partial charge in [-0.3, -0.25) is 9.11 Å². The van der Waals surface area contributed by atoms with Gasteiger partial charge in [0.25, 0.3) is 0 Å². The van der Waals surface area contributed by atoms with Crippen molar-refractivity contribution in [3.8, 4) is 11.5 Å². The van der Waals surface area contributed by atoms with Crippen LogP contribution in [0.15, 0.2) is 23.1 Å². The number of methoxy groups -OCH3 is 2. The summed E-state index contributed by atoms with van der Waals surface area (Å²) in [5.74, 6) is 0.819. The Hall–Kier alpha value is -0.950. The van der Waals surface area contributed by atoms with E-state index >= 15 is 0 Å². The minimum Gasteiger partial charge on any atom is -0.497 e. The van der Waals surface area contributed by atoms with Crippen LogP contribution in [0.3, 0.4) is 0 Å². The normalized spacial score (nSPS) is 12.4. The molecule has 0 aliphatic heterocycles. The van der Waals surface area contributed by atoms with Crippen molar-refractivity contribution in [2.45, 2.75) is 4.90 Å². The van der Waals surface area contributed by atoms with Crippen molar-refractivity contribution < 1.29 is 18.6 Å². The fourth-order valence-electron chi connectivity index (χ4n) is 1.02. The minimum absolute atomic E-state index is 0.138. The molecule has 0 unspecified atom stereocenters. The molecule has 0 aliphatic rings. The van der Waals surface area contributed by atoms with Crippen LogP contribution >= 0.6 is 10.8 Å². The molecule has 0 amide bonds. The molecule has 4 N–H and O–H groups in total. The number of hydrogen-bond donors (Lipinski definition) is 3. The van der Waals surface area contributed by atoms with Crippen molar-refractivity contribution in [2.24, 2.45) is 5.14 Å². The summed E-state index contributed by atoms with van der Waals surface area (Å²) >= 11 is 0. The second kappa shape index (κ2) is 4.05. The Bertz CT molecular complexity index is 324. The zero-order valence-electron chi connectivity index (χ0n) is 7.93. The van der Waals surface area contributed by atoms with Gasteiger partial charge >= 0.3 is 0 Å². The van der Waals surface area contributed by atoms with Gasteiger partial charge in [0.15, 0.2) is 0 Å². The lowest BCUT2D eigenvalue weighted by Crippen LogP contribution is -2.10. The van der Waals surface area contributed by atoms with Crippen LogP contribution in [0.25, 0.3) is 0 Å². The molecule has 1 rings (SSSR count). The van der Waals surface area contributed by atoms with Crippen LogP contribution in [0.1, 0.15) is 0 Å². The van der Waals surface area contributed by atoms with Crippen LogP contribution in [0.5, 0.6) is 11.5 Å². The maximum Gasteiger partial charge on any atom is 0.143 e. The van der Waals surface area contributed by atoms with Gasteiger partial charge in [-0.1, -0.05) is 0 Å². The number of hydrogen-bond acceptors (Lipinski definition) is 5. The van der Waals surface area contributed by atoms with Gasteiger partial charge in [-0.25, -0.2) is 5.14 Å². The molecular formula is C8H13NO4S. The first-order valence-corrected chi connectivity index (χ1v) is 5.38. The Morgan fingerprint density at radius 2 is 1.86 bits per heavy atom. The van der Waals surface area contributed by atoms with Crippen molar-refractivity contribution in [1.82, 2.24) is 0 Å². The predicted molar refractivity (Wildman–Crippen MR) is 54.8 cm³/mol. The summed E-state index contributed by atoms with van der Waals surface area (Å²) < 4.78 is 28.5. The summed E-state index contributed by atoms with van der Waals surface area (Å²) in [6.07, 6.45) is 0. The van der Waals surface area contributed by atoms with Crippen LogP contribution in [0.4, 0.5) is 0 Å². The van der Waals surface area contributed by atoms with Gasteiger partial charge in [-0.15, -0.1) is 10.8 Å². The van der Waals surface area contributed by atoms with E-state index < -0.39 is 10.8 Å². The van der Waals surface area contributed by atoms with E-state index in [-0.39, 0.29) is 4.90 Å². The van der Waals surface area contributed by atoms with Crippen molar-refractivity contribution in [3.05, 3.63) is 18.2 Å². The van der Waals surface area contributed by atoms with Gasteiger partial charge in [0.05, 0.1) is 14.2 Å². The Morgan fingerprint density at radius 1 is 1.21 bits per heavy atom. The Morgan fingerprint density at radius 3 is 2.29 bits per heavy atom. The lowest BCUT2D eigenvalue weighted by Gasteiger charge is -2.28. The van der Waals surface area contributed by atoms with Crippen LogP contribution < -0.4 is 14.6 Å². The van der Waals surface area contributed by atoms with E-state index in [0.29, 0.717) is 11.5 Å². The summed E-state index contributed by atoms with van der Waals surface area (Å²) in [6, 6.07) is 4.65.